The van der Waals surface area contributed by atoms with E-state index in [1.54, 1.807) is 13.8 Å². The molecule has 1 heterocycles. The second kappa shape index (κ2) is 15.4. The predicted octanol–water partition coefficient (Wildman–Crippen LogP) is 3.15. The van der Waals surface area contributed by atoms with Crippen LogP contribution in [0.25, 0.3) is 0 Å². The van der Waals surface area contributed by atoms with Gasteiger partial charge < -0.3 is 40.6 Å². The van der Waals surface area contributed by atoms with Crippen molar-refractivity contribution in [3.05, 3.63) is 34.9 Å². The Kier molecular flexibility index (Phi) is 12.9. The Morgan fingerprint density at radius 1 is 1.17 bits per heavy atom. The van der Waals surface area contributed by atoms with Crippen molar-refractivity contribution in [3.8, 4) is 0 Å². The maximum atomic E-state index is 13.5. The number of halogens is 1. The zero-order valence-electron chi connectivity index (χ0n) is 25.3. The van der Waals surface area contributed by atoms with Gasteiger partial charge in [0.2, 0.25) is 12.7 Å². The van der Waals surface area contributed by atoms with Crippen LogP contribution in [0.4, 0.5) is 9.59 Å². The summed E-state index contributed by atoms with van der Waals surface area (Å²) in [5, 5.41) is 15.4. The van der Waals surface area contributed by atoms with E-state index in [2.05, 4.69) is 29.2 Å². The molecule has 1 aliphatic rings. The number of nitrogens with two attached hydrogens (primary N) is 1. The Morgan fingerprint density at radius 3 is 2.38 bits per heavy atom. The number of hydrogen-bond donors (Lipinski definition) is 4. The van der Waals surface area contributed by atoms with Crippen molar-refractivity contribution < 1.29 is 38.5 Å². The van der Waals surface area contributed by atoms with E-state index in [1.807, 2.05) is 43.0 Å². The summed E-state index contributed by atoms with van der Waals surface area (Å²) in [7, 11) is 0. The summed E-state index contributed by atoms with van der Waals surface area (Å²) in [6.45, 7) is 11.3. The summed E-state index contributed by atoms with van der Waals surface area (Å²) >= 11 is 6.06. The number of hydrogen-bond acceptors (Lipinski definition) is 9. The number of aliphatic hydroxyl groups is 1. The molecular formula is C29H45ClN4O8. The molecule has 0 spiro atoms. The highest BCUT2D eigenvalue weighted by atomic mass is 35.5. The molecule has 1 fully saturated rings. The maximum Gasteiger partial charge on any atom is 0.511 e. The molecule has 1 saturated heterocycles. The number of nitrogens with zero attached hydrogens (tertiary/aromatic N) is 1. The molecule has 2 rings (SSSR count). The lowest BCUT2D eigenvalue weighted by atomic mass is 9.70. The molecule has 5 N–H and O–H groups in total. The van der Waals surface area contributed by atoms with Crippen LogP contribution in [0.5, 0.6) is 0 Å². The molecular weight excluding hydrogens is 568 g/mol. The van der Waals surface area contributed by atoms with Crippen LogP contribution in [0.3, 0.4) is 0 Å². The lowest BCUT2D eigenvalue weighted by Gasteiger charge is -2.45. The van der Waals surface area contributed by atoms with Crippen molar-refractivity contribution in [1.29, 1.82) is 0 Å². The molecule has 13 heteroatoms. The number of aliphatic hydroxyl groups excluding tert-OH is 1. The van der Waals surface area contributed by atoms with E-state index in [9.17, 15) is 24.3 Å². The van der Waals surface area contributed by atoms with E-state index in [-0.39, 0.29) is 42.7 Å². The Bertz CT molecular complexity index is 1080. The van der Waals surface area contributed by atoms with E-state index in [4.69, 9.17) is 26.8 Å². The monoisotopic (exact) mass is 612 g/mol. The van der Waals surface area contributed by atoms with Gasteiger partial charge in [-0.15, -0.1) is 0 Å². The van der Waals surface area contributed by atoms with Gasteiger partial charge in [0.25, 0.3) is 0 Å². The van der Waals surface area contributed by atoms with Crippen molar-refractivity contribution >= 4 is 35.7 Å². The normalized spacial score (nSPS) is 18.0. The first-order chi connectivity index (χ1) is 19.5. The molecule has 0 aliphatic carbocycles. The van der Waals surface area contributed by atoms with E-state index in [1.165, 1.54) is 5.56 Å². The van der Waals surface area contributed by atoms with Gasteiger partial charge in [0.05, 0.1) is 19.1 Å². The highest BCUT2D eigenvalue weighted by Crippen LogP contribution is 2.42. The molecule has 1 aliphatic heterocycles. The van der Waals surface area contributed by atoms with Crippen LogP contribution < -0.4 is 16.4 Å². The van der Waals surface area contributed by atoms with Crippen LogP contribution in [0, 0.1) is 11.3 Å². The molecule has 0 aromatic heterocycles. The number of urea groups is 1. The van der Waals surface area contributed by atoms with Crippen LogP contribution in [0.1, 0.15) is 65.9 Å². The number of ether oxygens (including phenoxy) is 3. The van der Waals surface area contributed by atoms with Crippen molar-refractivity contribution in [1.82, 2.24) is 15.5 Å². The number of benzene rings is 1. The van der Waals surface area contributed by atoms with Crippen LogP contribution >= 0.6 is 11.6 Å². The number of esters is 1. The average Bonchev–Trinajstić information content (AvgIpc) is 2.89. The van der Waals surface area contributed by atoms with Crippen LogP contribution in [-0.4, -0.2) is 84.8 Å². The number of carbonyl (C=O) groups is 4. The summed E-state index contributed by atoms with van der Waals surface area (Å²) in [5.41, 5.74) is 5.04. The highest BCUT2D eigenvalue weighted by Gasteiger charge is 2.40. The van der Waals surface area contributed by atoms with Crippen LogP contribution in [0.15, 0.2) is 24.3 Å². The first-order valence-corrected chi connectivity index (χ1v) is 14.4. The Morgan fingerprint density at radius 2 is 1.81 bits per heavy atom. The van der Waals surface area contributed by atoms with E-state index >= 15 is 0 Å². The third-order valence-corrected chi connectivity index (χ3v) is 7.39. The summed E-state index contributed by atoms with van der Waals surface area (Å²) < 4.78 is 14.6. The Hall–Kier alpha value is -3.09. The van der Waals surface area contributed by atoms with Gasteiger partial charge in [-0.05, 0) is 55.2 Å². The molecule has 2 unspecified atom stereocenters. The average molecular weight is 613 g/mol. The van der Waals surface area contributed by atoms with E-state index in [0.717, 1.165) is 6.42 Å². The molecule has 42 heavy (non-hydrogen) atoms. The van der Waals surface area contributed by atoms with Gasteiger partial charge in [0.15, 0.2) is 0 Å². The molecule has 3 amide bonds. The van der Waals surface area contributed by atoms with Gasteiger partial charge in [-0.25, -0.2) is 9.59 Å². The maximum absolute atomic E-state index is 13.5. The SMILES string of the molecule is CC(C)[C@@H](NC(=O)NCC(C)(C)OC(=O)OCOC(=O)CC(O)CN)C(=O)N1CCC(c2ccc(Cl)cc2)C(C)(C)C1. The highest BCUT2D eigenvalue weighted by molar-refractivity contribution is 6.30. The van der Waals surface area contributed by atoms with Crippen LogP contribution in [-0.2, 0) is 23.8 Å². The van der Waals surface area contributed by atoms with Crippen molar-refractivity contribution in [2.24, 2.45) is 17.1 Å². The minimum absolute atomic E-state index is 0.0884. The number of rotatable bonds is 12. The molecule has 1 aromatic carbocycles. The quantitative estimate of drug-likeness (QED) is 0.204. The molecule has 3 atom stereocenters. The lowest BCUT2D eigenvalue weighted by molar-refractivity contribution is -0.156. The number of amides is 3. The van der Waals surface area contributed by atoms with Gasteiger partial charge in [0.1, 0.15) is 11.6 Å². The summed E-state index contributed by atoms with van der Waals surface area (Å²) in [6, 6.07) is 6.49. The van der Waals surface area contributed by atoms with Crippen molar-refractivity contribution in [2.45, 2.75) is 78.0 Å². The van der Waals surface area contributed by atoms with E-state index in [0.29, 0.717) is 18.1 Å². The second-order valence-electron chi connectivity index (χ2n) is 12.2. The first kappa shape index (κ1) is 35.1. The Labute approximate surface area is 252 Å². The van der Waals surface area contributed by atoms with Gasteiger partial charge in [-0.1, -0.05) is 51.4 Å². The largest absolute Gasteiger partial charge is 0.511 e. The number of nitrogens with one attached hydrogen (secondary N) is 2. The standard InChI is InChI=1S/C29H45ClN4O8/c1-18(2)24(25(37)34-12-11-22(28(3,4)16-34)19-7-9-20(30)10-8-19)33-26(38)32-15-29(5,6)42-27(39)41-17-40-23(36)13-21(35)14-31/h7-10,18,21-22,24,35H,11-17,31H2,1-6H3,(H2,32,33,38)/t21?,22?,24-/m1/s1. The lowest BCUT2D eigenvalue weighted by Crippen LogP contribution is -2.58. The molecule has 1 aromatic rings. The molecule has 236 valence electrons. The third kappa shape index (κ3) is 11.0. The molecule has 12 nitrogen and oxygen atoms in total. The summed E-state index contributed by atoms with van der Waals surface area (Å²) in [4.78, 5) is 51.6. The fourth-order valence-electron chi connectivity index (χ4n) is 4.82. The van der Waals surface area contributed by atoms with Crippen molar-refractivity contribution in [2.75, 3.05) is 33.0 Å². The number of carbonyl (C=O) groups excluding carboxylic acids is 4. The summed E-state index contributed by atoms with van der Waals surface area (Å²) in [5.74, 6) is -0.858. The zero-order valence-corrected chi connectivity index (χ0v) is 26.0. The first-order valence-electron chi connectivity index (χ1n) is 14.0. The van der Waals surface area contributed by atoms with E-state index < -0.39 is 42.7 Å². The van der Waals surface area contributed by atoms with Crippen molar-refractivity contribution in [3.63, 3.8) is 0 Å². The molecule has 0 bridgehead atoms. The fraction of sp³-hybridized carbons (Fsp3) is 0.655. The zero-order chi connectivity index (χ0) is 31.7. The molecule has 0 saturated carbocycles. The Balaban J connectivity index is 1.86. The summed E-state index contributed by atoms with van der Waals surface area (Å²) in [6.07, 6.45) is -1.72. The smallest absolute Gasteiger partial charge is 0.428 e. The second-order valence-corrected chi connectivity index (χ2v) is 12.6. The van der Waals surface area contributed by atoms with Gasteiger partial charge in [-0.2, -0.15) is 0 Å². The minimum atomic E-state index is -1.18. The minimum Gasteiger partial charge on any atom is -0.428 e. The predicted molar refractivity (Wildman–Crippen MR) is 157 cm³/mol. The topological polar surface area (TPSA) is 170 Å². The number of likely N-dealkylation sites (tertiary alicyclic amines) is 1. The van der Waals surface area contributed by atoms with Gasteiger partial charge in [0, 0.05) is 24.7 Å². The fourth-order valence-corrected chi connectivity index (χ4v) is 4.95. The number of piperidine rings is 1. The van der Waals surface area contributed by atoms with Gasteiger partial charge >= 0.3 is 18.2 Å². The third-order valence-electron chi connectivity index (χ3n) is 7.14. The van der Waals surface area contributed by atoms with Gasteiger partial charge in [-0.3, -0.25) is 9.59 Å². The molecule has 0 radical (unpaired) electrons. The van der Waals surface area contributed by atoms with Crippen LogP contribution in [0.2, 0.25) is 5.02 Å².